The molecule has 0 spiro atoms. The molecule has 0 amide bonds. The smallest absolute Gasteiger partial charge is 0.341 e. The molecule has 0 bridgehead atoms. The summed E-state index contributed by atoms with van der Waals surface area (Å²) in [6.45, 7) is 1.20. The van der Waals surface area contributed by atoms with Gasteiger partial charge in [-0.3, -0.25) is 4.79 Å². The standard InChI is InChI=1S/C24H20BrNO7/c1-11-19(24(30)32-3)20(21-22(26-11)12-6-4-5-7-13(12)23(21)29)14-8-16(31-2)17(9-15(14)25)33-10-18(27)28/h4-9,20,26H,10H2,1-3H3,(H,27,28)/t20-/m1/s1. The first kappa shape index (κ1) is 22.6. The van der Waals surface area contributed by atoms with E-state index in [4.69, 9.17) is 19.3 Å². The van der Waals surface area contributed by atoms with Crippen LogP contribution in [-0.2, 0) is 14.3 Å². The van der Waals surface area contributed by atoms with E-state index in [0.717, 1.165) is 5.56 Å². The number of benzene rings is 2. The van der Waals surface area contributed by atoms with Crippen molar-refractivity contribution >= 4 is 39.3 Å². The van der Waals surface area contributed by atoms with Crippen molar-refractivity contribution in [1.29, 1.82) is 0 Å². The molecule has 1 heterocycles. The molecule has 0 unspecified atom stereocenters. The number of carbonyl (C=O) groups excluding carboxylic acids is 2. The number of methoxy groups -OCH3 is 2. The summed E-state index contributed by atoms with van der Waals surface area (Å²) in [7, 11) is 2.71. The number of aliphatic carboxylic acids is 1. The summed E-state index contributed by atoms with van der Waals surface area (Å²) < 4.78 is 16.3. The lowest BCUT2D eigenvalue weighted by atomic mass is 9.79. The lowest BCUT2D eigenvalue weighted by Gasteiger charge is -2.30. The number of carbonyl (C=O) groups is 3. The quantitative estimate of drug-likeness (QED) is 0.562. The summed E-state index contributed by atoms with van der Waals surface area (Å²) in [6.07, 6.45) is 0. The number of ether oxygens (including phenoxy) is 3. The molecule has 8 nitrogen and oxygen atoms in total. The number of fused-ring (bicyclic) bond motifs is 2. The Balaban J connectivity index is 1.92. The van der Waals surface area contributed by atoms with Crippen LogP contribution in [0.15, 0.2) is 57.7 Å². The van der Waals surface area contributed by atoms with E-state index < -0.39 is 24.5 Å². The molecule has 0 fully saturated rings. The van der Waals surface area contributed by atoms with Crippen LogP contribution in [0, 0.1) is 0 Å². The second-order valence-corrected chi connectivity index (χ2v) is 8.31. The van der Waals surface area contributed by atoms with Gasteiger partial charge in [0.2, 0.25) is 0 Å². The normalized spacial score (nSPS) is 16.7. The van der Waals surface area contributed by atoms with Gasteiger partial charge in [0.05, 0.1) is 31.4 Å². The number of rotatable bonds is 6. The van der Waals surface area contributed by atoms with E-state index in [1.54, 1.807) is 31.2 Å². The molecule has 1 aliphatic heterocycles. The van der Waals surface area contributed by atoms with Gasteiger partial charge in [-0.1, -0.05) is 40.2 Å². The Bertz CT molecular complexity index is 1260. The van der Waals surface area contributed by atoms with Crippen molar-refractivity contribution in [2.24, 2.45) is 0 Å². The summed E-state index contributed by atoms with van der Waals surface area (Å²) in [6, 6.07) is 10.4. The highest BCUT2D eigenvalue weighted by molar-refractivity contribution is 9.10. The van der Waals surface area contributed by atoms with Crippen molar-refractivity contribution in [3.05, 3.63) is 74.4 Å². The van der Waals surface area contributed by atoms with E-state index in [1.165, 1.54) is 14.2 Å². The van der Waals surface area contributed by atoms with Crippen LogP contribution < -0.4 is 14.8 Å². The fourth-order valence-corrected chi connectivity index (χ4v) is 4.76. The van der Waals surface area contributed by atoms with Gasteiger partial charge in [0, 0.05) is 26.9 Å². The number of dihydropyridines is 1. The van der Waals surface area contributed by atoms with Crippen molar-refractivity contribution < 1.29 is 33.7 Å². The summed E-state index contributed by atoms with van der Waals surface area (Å²) in [5.41, 5.74) is 3.79. The van der Waals surface area contributed by atoms with Gasteiger partial charge in [-0.15, -0.1) is 0 Å². The van der Waals surface area contributed by atoms with Crippen LogP contribution in [0.4, 0.5) is 0 Å². The van der Waals surface area contributed by atoms with Gasteiger partial charge < -0.3 is 24.6 Å². The molecule has 1 atom stereocenters. The zero-order valence-electron chi connectivity index (χ0n) is 18.0. The highest BCUT2D eigenvalue weighted by Gasteiger charge is 2.43. The molecular weight excluding hydrogens is 494 g/mol. The van der Waals surface area contributed by atoms with Crippen molar-refractivity contribution in [3.8, 4) is 11.5 Å². The maximum Gasteiger partial charge on any atom is 0.341 e. The number of hydrogen-bond acceptors (Lipinski definition) is 7. The van der Waals surface area contributed by atoms with Crippen molar-refractivity contribution in [2.45, 2.75) is 12.8 Å². The van der Waals surface area contributed by atoms with E-state index in [0.29, 0.717) is 38.1 Å². The topological polar surface area (TPSA) is 111 Å². The minimum absolute atomic E-state index is 0.191. The Morgan fingerprint density at radius 2 is 1.82 bits per heavy atom. The summed E-state index contributed by atoms with van der Waals surface area (Å²) in [5.74, 6) is -2.18. The summed E-state index contributed by atoms with van der Waals surface area (Å²) >= 11 is 3.51. The van der Waals surface area contributed by atoms with Gasteiger partial charge >= 0.3 is 11.9 Å². The van der Waals surface area contributed by atoms with Gasteiger partial charge in [-0.05, 0) is 24.6 Å². The van der Waals surface area contributed by atoms with Gasteiger partial charge in [0.25, 0.3) is 0 Å². The molecule has 0 aromatic heterocycles. The van der Waals surface area contributed by atoms with Crippen LogP contribution in [0.2, 0.25) is 0 Å². The molecule has 170 valence electrons. The third-order valence-electron chi connectivity index (χ3n) is 5.60. The fourth-order valence-electron chi connectivity index (χ4n) is 4.20. The highest BCUT2D eigenvalue weighted by atomic mass is 79.9. The number of nitrogens with one attached hydrogen (secondary N) is 1. The van der Waals surface area contributed by atoms with Gasteiger partial charge in [0.1, 0.15) is 0 Å². The van der Waals surface area contributed by atoms with Crippen LogP contribution >= 0.6 is 15.9 Å². The molecule has 0 saturated heterocycles. The van der Waals surface area contributed by atoms with Crippen LogP contribution in [0.1, 0.15) is 34.3 Å². The number of ketones is 1. The summed E-state index contributed by atoms with van der Waals surface area (Å²) in [5, 5.41) is 12.2. The molecular formula is C24H20BrNO7. The van der Waals surface area contributed by atoms with Crippen molar-refractivity contribution in [2.75, 3.05) is 20.8 Å². The van der Waals surface area contributed by atoms with Crippen LogP contribution in [0.3, 0.4) is 0 Å². The number of halogens is 1. The van der Waals surface area contributed by atoms with E-state index in [9.17, 15) is 14.4 Å². The van der Waals surface area contributed by atoms with Crippen molar-refractivity contribution in [3.63, 3.8) is 0 Å². The predicted octanol–water partition coefficient (Wildman–Crippen LogP) is 3.66. The number of hydrogen-bond donors (Lipinski definition) is 2. The monoisotopic (exact) mass is 513 g/mol. The predicted molar refractivity (Wildman–Crippen MR) is 122 cm³/mol. The Hall–Kier alpha value is -3.59. The van der Waals surface area contributed by atoms with E-state index in [2.05, 4.69) is 21.2 Å². The first-order chi connectivity index (χ1) is 15.8. The SMILES string of the molecule is COC(=O)C1=C(C)NC2=C(C(=O)c3ccccc32)[C@@H]1c1cc(OC)c(OCC(=O)O)cc1Br. The van der Waals surface area contributed by atoms with Crippen LogP contribution in [0.25, 0.3) is 5.70 Å². The lowest BCUT2D eigenvalue weighted by Crippen LogP contribution is -2.29. The summed E-state index contributed by atoms with van der Waals surface area (Å²) in [4.78, 5) is 37.3. The minimum atomic E-state index is -1.13. The van der Waals surface area contributed by atoms with Crippen molar-refractivity contribution in [1.82, 2.24) is 5.32 Å². The second kappa shape index (κ2) is 8.74. The molecule has 4 rings (SSSR count). The number of Topliss-reactive ketones (excluding diaryl/α,β-unsaturated/α-hetero) is 1. The van der Waals surface area contributed by atoms with E-state index in [1.807, 2.05) is 12.1 Å². The van der Waals surface area contributed by atoms with E-state index in [-0.39, 0.29) is 17.3 Å². The highest BCUT2D eigenvalue weighted by Crippen LogP contribution is 2.49. The maximum atomic E-state index is 13.5. The Kier molecular flexibility index (Phi) is 5.99. The van der Waals surface area contributed by atoms with Crippen LogP contribution in [0.5, 0.6) is 11.5 Å². The molecule has 1 aliphatic carbocycles. The number of carboxylic acid groups (broad SMARTS) is 1. The molecule has 0 saturated carbocycles. The zero-order chi connectivity index (χ0) is 23.9. The average molecular weight is 514 g/mol. The molecule has 2 aromatic carbocycles. The third kappa shape index (κ3) is 3.78. The van der Waals surface area contributed by atoms with Gasteiger partial charge in [0.15, 0.2) is 23.9 Å². The molecule has 0 radical (unpaired) electrons. The number of allylic oxidation sites excluding steroid dienone is 2. The van der Waals surface area contributed by atoms with E-state index >= 15 is 0 Å². The Labute approximate surface area is 198 Å². The average Bonchev–Trinajstić information content (AvgIpc) is 3.08. The Morgan fingerprint density at radius 3 is 2.45 bits per heavy atom. The minimum Gasteiger partial charge on any atom is -0.493 e. The zero-order valence-corrected chi connectivity index (χ0v) is 19.6. The second-order valence-electron chi connectivity index (χ2n) is 7.46. The fraction of sp³-hybridized carbons (Fsp3) is 0.208. The Morgan fingerprint density at radius 1 is 1.12 bits per heavy atom. The lowest BCUT2D eigenvalue weighted by molar-refractivity contribution is -0.139. The molecule has 2 aliphatic rings. The third-order valence-corrected chi connectivity index (χ3v) is 6.29. The first-order valence-corrected chi connectivity index (χ1v) is 10.7. The van der Waals surface area contributed by atoms with Crippen LogP contribution in [-0.4, -0.2) is 43.7 Å². The molecule has 33 heavy (non-hydrogen) atoms. The molecule has 2 N–H and O–H groups in total. The number of esters is 1. The largest absolute Gasteiger partial charge is 0.493 e. The first-order valence-electron chi connectivity index (χ1n) is 9.94. The van der Waals surface area contributed by atoms with Gasteiger partial charge in [-0.2, -0.15) is 0 Å². The molecule has 2 aromatic rings. The maximum absolute atomic E-state index is 13.5. The van der Waals surface area contributed by atoms with Gasteiger partial charge in [-0.25, -0.2) is 9.59 Å². The molecule has 9 heteroatoms. The number of carboxylic acids is 1.